The molecule has 1 N–H and O–H groups in total. The Morgan fingerprint density at radius 1 is 1.42 bits per heavy atom. The van der Waals surface area contributed by atoms with Crippen LogP contribution in [0.4, 0.5) is 13.2 Å². The van der Waals surface area contributed by atoms with Crippen molar-refractivity contribution in [3.05, 3.63) is 29.8 Å². The quantitative estimate of drug-likeness (QED) is 0.691. The number of halogens is 3. The maximum atomic E-state index is 12.6. The van der Waals surface area contributed by atoms with Gasteiger partial charge in [-0.2, -0.15) is 13.2 Å². The molecule has 1 rings (SSSR count). The van der Waals surface area contributed by atoms with Crippen molar-refractivity contribution in [1.29, 1.82) is 0 Å². The van der Waals surface area contributed by atoms with Crippen LogP contribution in [0.3, 0.4) is 0 Å². The minimum atomic E-state index is -3.35. The van der Waals surface area contributed by atoms with Crippen LogP contribution < -0.4 is 0 Å². The van der Waals surface area contributed by atoms with E-state index in [-0.39, 0.29) is 0 Å². The molecule has 0 saturated carbocycles. The molecule has 0 fully saturated rings. The summed E-state index contributed by atoms with van der Waals surface area (Å²) in [6.07, 6.45) is 0.700. The summed E-state index contributed by atoms with van der Waals surface area (Å²) in [7, 11) is 0. The Balaban J connectivity index is 2.96. The molecule has 66 valence electrons. The molecule has 12 heavy (non-hydrogen) atoms. The van der Waals surface area contributed by atoms with Gasteiger partial charge < -0.3 is 5.11 Å². The molecule has 0 bridgehead atoms. The predicted molar refractivity (Wildman–Crippen MR) is 35.2 cm³/mol. The van der Waals surface area contributed by atoms with E-state index in [0.29, 0.717) is 6.20 Å². The zero-order valence-corrected chi connectivity index (χ0v) is 5.97. The molecule has 0 aliphatic carbocycles. The van der Waals surface area contributed by atoms with Gasteiger partial charge in [-0.15, -0.1) is 0 Å². The average molecular weight is 177 g/mol. The molecule has 0 amide bonds. The van der Waals surface area contributed by atoms with E-state index in [9.17, 15) is 13.2 Å². The van der Waals surface area contributed by atoms with Crippen molar-refractivity contribution in [1.82, 2.24) is 4.98 Å². The second-order valence-electron chi connectivity index (χ2n) is 2.23. The maximum absolute atomic E-state index is 12.6. The largest absolute Gasteiger partial charge is 0.390 e. The standard InChI is InChI=1S/C7H6F3NO/c8-6-2-1-5(3-11-6)7(9,10)4-12/h1-3,12H,4H2. The van der Waals surface area contributed by atoms with Crippen molar-refractivity contribution in [2.24, 2.45) is 0 Å². The Kier molecular flexibility index (Phi) is 2.32. The van der Waals surface area contributed by atoms with Crippen LogP contribution in [0.1, 0.15) is 5.56 Å². The van der Waals surface area contributed by atoms with Crippen LogP contribution in [0.15, 0.2) is 18.3 Å². The first kappa shape index (κ1) is 8.99. The fraction of sp³-hybridized carbons (Fsp3) is 0.286. The van der Waals surface area contributed by atoms with Crippen molar-refractivity contribution in [2.75, 3.05) is 6.61 Å². The third kappa shape index (κ3) is 1.73. The number of alkyl halides is 2. The van der Waals surface area contributed by atoms with Crippen molar-refractivity contribution >= 4 is 0 Å². The Morgan fingerprint density at radius 2 is 2.08 bits per heavy atom. The minimum Gasteiger partial charge on any atom is -0.390 e. The molecule has 0 radical (unpaired) electrons. The summed E-state index contributed by atoms with van der Waals surface area (Å²) in [5.74, 6) is -4.17. The zero-order chi connectivity index (χ0) is 9.19. The Bertz CT molecular complexity index is 260. The molecular weight excluding hydrogens is 171 g/mol. The van der Waals surface area contributed by atoms with E-state index >= 15 is 0 Å². The summed E-state index contributed by atoms with van der Waals surface area (Å²) in [5, 5.41) is 8.25. The molecule has 0 aliphatic rings. The van der Waals surface area contributed by atoms with Crippen LogP contribution in [0, 0.1) is 5.95 Å². The van der Waals surface area contributed by atoms with Crippen LogP contribution >= 0.6 is 0 Å². The van der Waals surface area contributed by atoms with E-state index in [2.05, 4.69) is 4.98 Å². The molecule has 2 nitrogen and oxygen atoms in total. The van der Waals surface area contributed by atoms with Crippen LogP contribution in [-0.4, -0.2) is 16.7 Å². The van der Waals surface area contributed by atoms with Crippen LogP contribution in [0.25, 0.3) is 0 Å². The fourth-order valence-electron chi connectivity index (χ4n) is 0.683. The smallest absolute Gasteiger partial charge is 0.297 e. The number of aliphatic hydroxyl groups excluding tert-OH is 1. The molecule has 0 aromatic carbocycles. The first-order valence-electron chi connectivity index (χ1n) is 3.17. The Morgan fingerprint density at radius 3 is 2.50 bits per heavy atom. The van der Waals surface area contributed by atoms with Gasteiger partial charge in [0.25, 0.3) is 5.92 Å². The van der Waals surface area contributed by atoms with Crippen molar-refractivity contribution in [3.63, 3.8) is 0 Å². The van der Waals surface area contributed by atoms with Crippen LogP contribution in [0.5, 0.6) is 0 Å². The first-order valence-corrected chi connectivity index (χ1v) is 3.17. The molecule has 0 spiro atoms. The monoisotopic (exact) mass is 177 g/mol. The fourth-order valence-corrected chi connectivity index (χ4v) is 0.683. The number of hydrogen-bond donors (Lipinski definition) is 1. The van der Waals surface area contributed by atoms with Crippen LogP contribution in [-0.2, 0) is 5.92 Å². The number of pyridine rings is 1. The van der Waals surface area contributed by atoms with E-state index in [1.807, 2.05) is 0 Å². The highest BCUT2D eigenvalue weighted by Crippen LogP contribution is 2.25. The summed E-state index contributed by atoms with van der Waals surface area (Å²) < 4.78 is 37.4. The van der Waals surface area contributed by atoms with E-state index in [0.717, 1.165) is 12.1 Å². The van der Waals surface area contributed by atoms with E-state index in [4.69, 9.17) is 5.11 Å². The lowest BCUT2D eigenvalue weighted by atomic mass is 10.1. The molecule has 5 heteroatoms. The molecule has 0 saturated heterocycles. The Labute approximate surface area is 66.7 Å². The molecule has 1 heterocycles. The molecule has 1 aromatic rings. The minimum absolute atomic E-state index is 0.494. The molecule has 1 aromatic heterocycles. The summed E-state index contributed by atoms with van der Waals surface area (Å²) in [5.41, 5.74) is -0.494. The number of nitrogens with zero attached hydrogens (tertiary/aromatic N) is 1. The first-order chi connectivity index (χ1) is 5.56. The normalized spacial score (nSPS) is 11.7. The van der Waals surface area contributed by atoms with Gasteiger partial charge in [-0.05, 0) is 12.1 Å². The summed E-state index contributed by atoms with van der Waals surface area (Å²) in [4.78, 5) is 3.04. The summed E-state index contributed by atoms with van der Waals surface area (Å²) >= 11 is 0. The predicted octanol–water partition coefficient (Wildman–Crippen LogP) is 1.30. The van der Waals surface area contributed by atoms with Gasteiger partial charge in [-0.3, -0.25) is 0 Å². The highest BCUT2D eigenvalue weighted by molar-refractivity contribution is 5.15. The van der Waals surface area contributed by atoms with Crippen molar-refractivity contribution < 1.29 is 18.3 Å². The number of aliphatic hydroxyl groups is 1. The van der Waals surface area contributed by atoms with Gasteiger partial charge in [0.1, 0.15) is 6.61 Å². The average Bonchev–Trinajstić information content (AvgIpc) is 2.05. The van der Waals surface area contributed by atoms with Gasteiger partial charge in [-0.1, -0.05) is 0 Å². The second kappa shape index (κ2) is 3.10. The van der Waals surface area contributed by atoms with Gasteiger partial charge in [0.05, 0.1) is 0 Å². The highest BCUT2D eigenvalue weighted by atomic mass is 19.3. The summed E-state index contributed by atoms with van der Waals surface area (Å²) in [6.45, 7) is -1.31. The second-order valence-corrected chi connectivity index (χ2v) is 2.23. The SMILES string of the molecule is OCC(F)(F)c1ccc(F)nc1. The van der Waals surface area contributed by atoms with Gasteiger partial charge in [-0.25, -0.2) is 4.98 Å². The number of hydrogen-bond acceptors (Lipinski definition) is 2. The number of rotatable bonds is 2. The van der Waals surface area contributed by atoms with Crippen molar-refractivity contribution in [3.8, 4) is 0 Å². The highest BCUT2D eigenvalue weighted by Gasteiger charge is 2.30. The van der Waals surface area contributed by atoms with Gasteiger partial charge >= 0.3 is 0 Å². The van der Waals surface area contributed by atoms with Crippen molar-refractivity contribution in [2.45, 2.75) is 5.92 Å². The molecule has 0 atom stereocenters. The third-order valence-corrected chi connectivity index (χ3v) is 1.35. The lowest BCUT2D eigenvalue weighted by Gasteiger charge is -2.11. The molecular formula is C7H6F3NO. The van der Waals surface area contributed by atoms with E-state index < -0.39 is 24.0 Å². The maximum Gasteiger partial charge on any atom is 0.297 e. The van der Waals surface area contributed by atoms with Gasteiger partial charge in [0.15, 0.2) is 0 Å². The molecule has 0 aliphatic heterocycles. The van der Waals surface area contributed by atoms with E-state index in [1.54, 1.807) is 0 Å². The van der Waals surface area contributed by atoms with Gasteiger partial charge in [0.2, 0.25) is 5.95 Å². The van der Waals surface area contributed by atoms with Gasteiger partial charge in [0, 0.05) is 11.8 Å². The molecule has 0 unspecified atom stereocenters. The summed E-state index contributed by atoms with van der Waals surface area (Å²) in [6, 6.07) is 1.71. The topological polar surface area (TPSA) is 33.1 Å². The lowest BCUT2D eigenvalue weighted by molar-refractivity contribution is -0.0559. The third-order valence-electron chi connectivity index (χ3n) is 1.35. The van der Waals surface area contributed by atoms with E-state index in [1.165, 1.54) is 0 Å². The van der Waals surface area contributed by atoms with Crippen LogP contribution in [0.2, 0.25) is 0 Å². The number of aromatic nitrogens is 1. The zero-order valence-electron chi connectivity index (χ0n) is 5.97. The Hall–Kier alpha value is -1.10. The lowest BCUT2D eigenvalue weighted by Crippen LogP contribution is -2.18.